The second kappa shape index (κ2) is 8.71. The highest BCUT2D eigenvalue weighted by Crippen LogP contribution is 2.29. The molecule has 1 aliphatic carbocycles. The molecule has 1 aromatic carbocycles. The lowest BCUT2D eigenvalue weighted by Gasteiger charge is -2.26. The molecule has 0 fully saturated rings. The molecule has 0 spiro atoms. The first-order chi connectivity index (χ1) is 11.3. The molecule has 2 N–H and O–H groups in total. The van der Waals surface area contributed by atoms with E-state index in [1.807, 2.05) is 30.4 Å². The maximum atomic E-state index is 12.3. The van der Waals surface area contributed by atoms with Crippen molar-refractivity contribution in [3.05, 3.63) is 65.5 Å². The van der Waals surface area contributed by atoms with Gasteiger partial charge in [0.25, 0.3) is 0 Å². The minimum absolute atomic E-state index is 0. The van der Waals surface area contributed by atoms with Gasteiger partial charge < -0.3 is 15.4 Å². The first kappa shape index (κ1) is 18.3. The highest BCUT2D eigenvalue weighted by molar-refractivity contribution is 5.99. The fraction of sp³-hybridized carbons (Fsp3) is 0.316. The molecule has 1 heterocycles. The minimum atomic E-state index is 0. The summed E-state index contributed by atoms with van der Waals surface area (Å²) in [6.07, 6.45) is 12.0. The quantitative estimate of drug-likeness (QED) is 0.860. The van der Waals surface area contributed by atoms with Crippen LogP contribution in [0.2, 0.25) is 0 Å². The Kier molecular flexibility index (Phi) is 6.64. The third kappa shape index (κ3) is 4.28. The number of Topliss-reactive ketones (excluding diaryl/α,β-unsaturated/α-hetero) is 1. The molecular formula is C19H23ClN2O2. The number of halogens is 1. The van der Waals surface area contributed by atoms with Crippen molar-refractivity contribution in [2.75, 3.05) is 13.7 Å². The Morgan fingerprint density at radius 1 is 1.38 bits per heavy atom. The number of allylic oxidation sites excluding steroid dienone is 3. The molecule has 1 aromatic rings. The molecule has 0 radical (unpaired) electrons. The van der Waals surface area contributed by atoms with Gasteiger partial charge in [0, 0.05) is 24.0 Å². The van der Waals surface area contributed by atoms with Gasteiger partial charge in [-0.25, -0.2) is 0 Å². The largest absolute Gasteiger partial charge is 0.496 e. The van der Waals surface area contributed by atoms with Crippen LogP contribution in [-0.2, 0) is 17.6 Å². The van der Waals surface area contributed by atoms with Gasteiger partial charge in [0.05, 0.1) is 13.7 Å². The summed E-state index contributed by atoms with van der Waals surface area (Å²) in [5.74, 6) is 1.06. The van der Waals surface area contributed by atoms with Crippen LogP contribution in [0.4, 0.5) is 0 Å². The SMILES string of the molecule is COc1cccc2c1CC(NCC(=O)C1=CC=CNC=C1)CC2.Cl. The zero-order valence-corrected chi connectivity index (χ0v) is 14.6. The van der Waals surface area contributed by atoms with Crippen LogP contribution >= 0.6 is 12.4 Å². The van der Waals surface area contributed by atoms with Crippen LogP contribution in [-0.4, -0.2) is 25.5 Å². The van der Waals surface area contributed by atoms with Gasteiger partial charge >= 0.3 is 0 Å². The summed E-state index contributed by atoms with van der Waals surface area (Å²) in [4.78, 5) is 12.3. The van der Waals surface area contributed by atoms with Gasteiger partial charge in [0.1, 0.15) is 5.75 Å². The number of ether oxygens (including phenoxy) is 1. The maximum absolute atomic E-state index is 12.3. The van der Waals surface area contributed by atoms with Gasteiger partial charge in [-0.1, -0.05) is 12.1 Å². The summed E-state index contributed by atoms with van der Waals surface area (Å²) in [7, 11) is 1.71. The number of fused-ring (bicyclic) bond motifs is 1. The first-order valence-corrected chi connectivity index (χ1v) is 7.98. The molecular weight excluding hydrogens is 324 g/mol. The summed E-state index contributed by atoms with van der Waals surface area (Å²) in [6, 6.07) is 6.53. The van der Waals surface area contributed by atoms with Crippen LogP contribution in [0.3, 0.4) is 0 Å². The summed E-state index contributed by atoms with van der Waals surface area (Å²) in [6.45, 7) is 0.360. The number of ketones is 1. The van der Waals surface area contributed by atoms with Crippen molar-refractivity contribution in [3.8, 4) is 5.75 Å². The molecule has 0 bridgehead atoms. The molecule has 1 atom stereocenters. The van der Waals surface area contributed by atoms with Crippen molar-refractivity contribution in [2.24, 2.45) is 0 Å². The van der Waals surface area contributed by atoms with Crippen molar-refractivity contribution in [2.45, 2.75) is 25.3 Å². The van der Waals surface area contributed by atoms with E-state index in [1.165, 1.54) is 11.1 Å². The van der Waals surface area contributed by atoms with E-state index in [0.29, 0.717) is 18.2 Å². The molecule has 1 unspecified atom stereocenters. The summed E-state index contributed by atoms with van der Waals surface area (Å²) in [5.41, 5.74) is 3.35. The van der Waals surface area contributed by atoms with Gasteiger partial charge in [-0.3, -0.25) is 4.79 Å². The van der Waals surface area contributed by atoms with Gasteiger partial charge in [-0.15, -0.1) is 12.4 Å². The van der Waals surface area contributed by atoms with E-state index in [2.05, 4.69) is 16.7 Å². The number of benzene rings is 1. The Labute approximate surface area is 149 Å². The minimum Gasteiger partial charge on any atom is -0.496 e. The van der Waals surface area contributed by atoms with Crippen LogP contribution in [0.1, 0.15) is 17.5 Å². The summed E-state index contributed by atoms with van der Waals surface area (Å²) < 4.78 is 5.47. The van der Waals surface area contributed by atoms with Gasteiger partial charge in [0.2, 0.25) is 0 Å². The summed E-state index contributed by atoms with van der Waals surface area (Å²) >= 11 is 0. The van der Waals surface area contributed by atoms with Crippen LogP contribution in [0.25, 0.3) is 0 Å². The number of rotatable bonds is 5. The van der Waals surface area contributed by atoms with Gasteiger partial charge in [-0.2, -0.15) is 0 Å². The Morgan fingerprint density at radius 2 is 2.25 bits per heavy atom. The number of carbonyl (C=O) groups excluding carboxylic acids is 1. The average molecular weight is 347 g/mol. The van der Waals surface area contributed by atoms with Crippen LogP contribution in [0.5, 0.6) is 5.75 Å². The highest BCUT2D eigenvalue weighted by Gasteiger charge is 2.22. The number of carbonyl (C=O) groups is 1. The monoisotopic (exact) mass is 346 g/mol. The lowest BCUT2D eigenvalue weighted by Crippen LogP contribution is -2.38. The number of methoxy groups -OCH3 is 1. The third-order valence-corrected chi connectivity index (χ3v) is 4.36. The molecule has 0 amide bonds. The Morgan fingerprint density at radius 3 is 3.08 bits per heavy atom. The van der Waals surface area contributed by atoms with Crippen LogP contribution in [0.15, 0.2) is 54.4 Å². The normalized spacial score (nSPS) is 18.5. The Balaban J connectivity index is 0.00000208. The van der Waals surface area contributed by atoms with Crippen molar-refractivity contribution in [1.29, 1.82) is 0 Å². The molecule has 2 aliphatic rings. The zero-order valence-electron chi connectivity index (χ0n) is 13.7. The van der Waals surface area contributed by atoms with Gasteiger partial charge in [0.15, 0.2) is 5.78 Å². The topological polar surface area (TPSA) is 50.4 Å². The molecule has 0 saturated heterocycles. The number of hydrogen-bond acceptors (Lipinski definition) is 4. The lowest BCUT2D eigenvalue weighted by molar-refractivity contribution is -0.114. The van der Waals surface area contributed by atoms with Crippen LogP contribution in [0, 0.1) is 0 Å². The fourth-order valence-corrected chi connectivity index (χ4v) is 3.10. The maximum Gasteiger partial charge on any atom is 0.176 e. The number of hydrogen-bond donors (Lipinski definition) is 2. The molecule has 3 rings (SSSR count). The third-order valence-electron chi connectivity index (χ3n) is 4.36. The predicted octanol–water partition coefficient (Wildman–Crippen LogP) is 2.69. The molecule has 5 heteroatoms. The standard InChI is InChI=1S/C19H22N2O2.ClH/c1-23-19-6-2-4-14-7-8-16(12-17(14)19)21-13-18(22)15-5-3-10-20-11-9-15;/h2-6,9-11,16,20-21H,7-8,12-13H2,1H3;1H. The van der Waals surface area contributed by atoms with E-state index in [4.69, 9.17) is 4.74 Å². The van der Waals surface area contributed by atoms with E-state index in [-0.39, 0.29) is 18.2 Å². The second-order valence-electron chi connectivity index (χ2n) is 5.82. The number of nitrogens with one attached hydrogen (secondary N) is 2. The Hall–Kier alpha value is -2.04. The summed E-state index contributed by atoms with van der Waals surface area (Å²) in [5, 5.41) is 6.37. The first-order valence-electron chi connectivity index (χ1n) is 7.98. The second-order valence-corrected chi connectivity index (χ2v) is 5.82. The van der Waals surface area contributed by atoms with E-state index < -0.39 is 0 Å². The highest BCUT2D eigenvalue weighted by atomic mass is 35.5. The van der Waals surface area contributed by atoms with Crippen molar-refractivity contribution in [3.63, 3.8) is 0 Å². The zero-order chi connectivity index (χ0) is 16.1. The van der Waals surface area contributed by atoms with E-state index in [0.717, 1.165) is 25.0 Å². The molecule has 128 valence electrons. The molecule has 24 heavy (non-hydrogen) atoms. The molecule has 1 aliphatic heterocycles. The molecule has 4 nitrogen and oxygen atoms in total. The van der Waals surface area contributed by atoms with E-state index >= 15 is 0 Å². The average Bonchev–Trinajstić information content (AvgIpc) is 2.88. The molecule has 0 aromatic heterocycles. The van der Waals surface area contributed by atoms with E-state index in [9.17, 15) is 4.79 Å². The van der Waals surface area contributed by atoms with Crippen molar-refractivity contribution < 1.29 is 9.53 Å². The number of aryl methyl sites for hydroxylation is 1. The lowest BCUT2D eigenvalue weighted by atomic mass is 9.87. The predicted molar refractivity (Wildman–Crippen MR) is 98.6 cm³/mol. The smallest absolute Gasteiger partial charge is 0.176 e. The van der Waals surface area contributed by atoms with Crippen LogP contribution < -0.4 is 15.4 Å². The molecule has 0 saturated carbocycles. The van der Waals surface area contributed by atoms with Gasteiger partial charge in [-0.05, 0) is 54.7 Å². The van der Waals surface area contributed by atoms with Crippen molar-refractivity contribution >= 4 is 18.2 Å². The van der Waals surface area contributed by atoms with Crippen molar-refractivity contribution in [1.82, 2.24) is 10.6 Å². The van der Waals surface area contributed by atoms with E-state index in [1.54, 1.807) is 19.5 Å². The Bertz CT molecular complexity index is 666. The fourth-order valence-electron chi connectivity index (χ4n) is 3.10.